The third-order valence-electron chi connectivity index (χ3n) is 3.46. The molecule has 1 aromatic carbocycles. The normalized spacial score (nSPS) is 11.7. The van der Waals surface area contributed by atoms with Crippen molar-refractivity contribution in [2.24, 2.45) is 5.41 Å². The minimum atomic E-state index is -0.878. The van der Waals surface area contributed by atoms with E-state index >= 15 is 0 Å². The summed E-state index contributed by atoms with van der Waals surface area (Å²) in [4.78, 5) is 48.3. The van der Waals surface area contributed by atoms with Crippen molar-refractivity contribution in [3.8, 4) is 5.69 Å². The highest BCUT2D eigenvalue weighted by molar-refractivity contribution is 6.30. The Bertz CT molecular complexity index is 1070. The Kier molecular flexibility index (Phi) is 4.00. The molecule has 0 saturated heterocycles. The monoisotopic (exact) mass is 362 g/mol. The highest BCUT2D eigenvalue weighted by Gasteiger charge is 2.26. The van der Waals surface area contributed by atoms with Gasteiger partial charge in [-0.3, -0.25) is 14.3 Å². The number of aromatic amines is 1. The van der Waals surface area contributed by atoms with Crippen LogP contribution < -0.4 is 16.1 Å². The maximum absolute atomic E-state index is 12.7. The Labute approximate surface area is 146 Å². The summed E-state index contributed by atoms with van der Waals surface area (Å²) < 4.78 is 1.88. The fraction of sp³-hybridized carbons (Fsp3) is 0.250. The van der Waals surface area contributed by atoms with Crippen molar-refractivity contribution < 1.29 is 9.63 Å². The molecule has 0 aliphatic heterocycles. The number of hydrogen-bond donors (Lipinski definition) is 1. The molecule has 130 valence electrons. The number of rotatable bonds is 2. The molecule has 0 unspecified atom stereocenters. The van der Waals surface area contributed by atoms with E-state index in [1.807, 2.05) is 0 Å². The second-order valence-corrected chi connectivity index (χ2v) is 6.88. The first-order valence-electron chi connectivity index (χ1n) is 7.39. The van der Waals surface area contributed by atoms with Crippen molar-refractivity contribution in [3.63, 3.8) is 0 Å². The number of benzene rings is 1. The van der Waals surface area contributed by atoms with E-state index in [1.54, 1.807) is 45.0 Å². The molecule has 0 amide bonds. The molecule has 0 bridgehead atoms. The molecule has 2 aromatic heterocycles. The van der Waals surface area contributed by atoms with Gasteiger partial charge in [-0.15, -0.1) is 0 Å². The van der Waals surface area contributed by atoms with E-state index in [0.717, 1.165) is 0 Å². The van der Waals surface area contributed by atoms with Gasteiger partial charge >= 0.3 is 17.2 Å². The molecule has 25 heavy (non-hydrogen) atoms. The van der Waals surface area contributed by atoms with Gasteiger partial charge in [-0.2, -0.15) is 0 Å². The molecular formula is C16H15ClN4O4. The number of aromatic nitrogens is 4. The largest absolute Gasteiger partial charge is 0.364 e. The van der Waals surface area contributed by atoms with Crippen LogP contribution in [0.25, 0.3) is 16.9 Å². The van der Waals surface area contributed by atoms with Crippen LogP contribution in [-0.4, -0.2) is 25.2 Å². The lowest BCUT2D eigenvalue weighted by atomic mass is 9.98. The molecule has 0 aliphatic rings. The predicted octanol–water partition coefficient (Wildman–Crippen LogP) is 1.53. The summed E-state index contributed by atoms with van der Waals surface area (Å²) in [6, 6.07) is 6.71. The summed E-state index contributed by atoms with van der Waals surface area (Å²) in [6.45, 7) is 4.85. The number of carbonyl (C=O) groups is 1. The molecule has 0 atom stereocenters. The van der Waals surface area contributed by atoms with Crippen LogP contribution in [0.4, 0.5) is 0 Å². The van der Waals surface area contributed by atoms with E-state index in [-0.39, 0.29) is 11.2 Å². The smallest absolute Gasteiger partial charge is 0.328 e. The molecule has 0 aliphatic carbocycles. The van der Waals surface area contributed by atoms with Crippen molar-refractivity contribution in [2.75, 3.05) is 0 Å². The highest BCUT2D eigenvalue weighted by atomic mass is 35.5. The number of nitrogens with one attached hydrogen (secondary N) is 1. The Balaban J connectivity index is 2.20. The third kappa shape index (κ3) is 3.08. The second kappa shape index (κ2) is 5.89. The molecule has 1 N–H and O–H groups in total. The number of imidazole rings is 1. The zero-order chi connectivity index (χ0) is 18.4. The lowest BCUT2D eigenvalue weighted by Crippen LogP contribution is -2.45. The van der Waals surface area contributed by atoms with E-state index in [2.05, 4.69) is 9.97 Å². The van der Waals surface area contributed by atoms with Crippen LogP contribution in [0, 0.1) is 5.41 Å². The van der Waals surface area contributed by atoms with Crippen LogP contribution in [-0.2, 0) is 4.79 Å². The van der Waals surface area contributed by atoms with Crippen molar-refractivity contribution in [3.05, 3.63) is 56.5 Å². The van der Waals surface area contributed by atoms with Gasteiger partial charge < -0.3 is 4.84 Å². The second-order valence-electron chi connectivity index (χ2n) is 6.45. The molecule has 8 nitrogen and oxygen atoms in total. The molecule has 3 aromatic rings. The topological polar surface area (TPSA) is 99.0 Å². The van der Waals surface area contributed by atoms with E-state index < -0.39 is 22.6 Å². The van der Waals surface area contributed by atoms with Crippen LogP contribution in [0.1, 0.15) is 20.8 Å². The number of nitrogens with zero attached hydrogens (tertiary/aromatic N) is 3. The van der Waals surface area contributed by atoms with Crippen LogP contribution in [0.15, 0.2) is 40.2 Å². The fourth-order valence-electron chi connectivity index (χ4n) is 2.08. The minimum absolute atomic E-state index is 0.0728. The lowest BCUT2D eigenvalue weighted by molar-refractivity contribution is -0.154. The summed E-state index contributed by atoms with van der Waals surface area (Å²) in [6.07, 6.45) is 1.39. The average molecular weight is 363 g/mol. The minimum Gasteiger partial charge on any atom is -0.328 e. The van der Waals surface area contributed by atoms with Gasteiger partial charge in [0.25, 0.3) is 0 Å². The van der Waals surface area contributed by atoms with Crippen molar-refractivity contribution in [1.82, 2.24) is 19.3 Å². The summed E-state index contributed by atoms with van der Waals surface area (Å²) in [5.41, 5.74) is -1.77. The molecule has 0 saturated carbocycles. The molecule has 0 fully saturated rings. The number of hydrogen-bond acceptors (Lipinski definition) is 5. The van der Waals surface area contributed by atoms with Gasteiger partial charge in [-0.05, 0) is 45.0 Å². The SMILES string of the molecule is CC(C)(C)C(=O)On1c(=O)[nH]c2ncn(-c3ccc(Cl)cc3)c2c1=O. The van der Waals surface area contributed by atoms with E-state index in [4.69, 9.17) is 16.4 Å². The molecular weight excluding hydrogens is 348 g/mol. The fourth-order valence-corrected chi connectivity index (χ4v) is 2.21. The lowest BCUT2D eigenvalue weighted by Gasteiger charge is -2.15. The standard InChI is InChI=1S/C16H15ClN4O4/c1-16(2,3)14(23)25-21-13(22)11-12(19-15(21)24)18-8-20(11)10-6-4-9(17)5-7-10/h4-8H,1-3H3,(H,19,24). The summed E-state index contributed by atoms with van der Waals surface area (Å²) >= 11 is 5.87. The Morgan fingerprint density at radius 2 is 1.84 bits per heavy atom. The molecule has 3 rings (SSSR count). The van der Waals surface area contributed by atoms with Crippen molar-refractivity contribution in [2.45, 2.75) is 20.8 Å². The number of carbonyl (C=O) groups excluding carboxylic acids is 1. The predicted molar refractivity (Wildman–Crippen MR) is 92.0 cm³/mol. The Morgan fingerprint density at radius 1 is 1.20 bits per heavy atom. The number of H-pyrrole nitrogens is 1. The Hall–Kier alpha value is -2.87. The van der Waals surface area contributed by atoms with Gasteiger partial charge in [0.1, 0.15) is 6.33 Å². The van der Waals surface area contributed by atoms with Crippen molar-refractivity contribution in [1.29, 1.82) is 0 Å². The summed E-state index contributed by atoms with van der Waals surface area (Å²) in [5.74, 6) is -0.711. The zero-order valence-corrected chi connectivity index (χ0v) is 14.5. The first-order valence-corrected chi connectivity index (χ1v) is 7.77. The van der Waals surface area contributed by atoms with Gasteiger partial charge in [0.05, 0.1) is 5.41 Å². The Morgan fingerprint density at radius 3 is 2.44 bits per heavy atom. The van der Waals surface area contributed by atoms with Gasteiger partial charge in [0.15, 0.2) is 11.2 Å². The van der Waals surface area contributed by atoms with Gasteiger partial charge in [0, 0.05) is 10.7 Å². The molecule has 2 heterocycles. The van der Waals surface area contributed by atoms with E-state index in [0.29, 0.717) is 15.4 Å². The molecule has 0 spiro atoms. The average Bonchev–Trinajstić information content (AvgIpc) is 2.94. The summed E-state index contributed by atoms with van der Waals surface area (Å²) in [5, 5.41) is 0.540. The number of halogens is 1. The number of fused-ring (bicyclic) bond motifs is 1. The first kappa shape index (κ1) is 17.0. The van der Waals surface area contributed by atoms with Gasteiger partial charge in [-0.25, -0.2) is 14.6 Å². The maximum Gasteiger partial charge on any atom is 0.364 e. The third-order valence-corrected chi connectivity index (χ3v) is 3.71. The van der Waals surface area contributed by atoms with Crippen LogP contribution in [0.2, 0.25) is 5.02 Å². The van der Waals surface area contributed by atoms with E-state index in [9.17, 15) is 14.4 Å². The van der Waals surface area contributed by atoms with Gasteiger partial charge in [-0.1, -0.05) is 16.3 Å². The molecule has 9 heteroatoms. The zero-order valence-electron chi connectivity index (χ0n) is 13.7. The first-order chi connectivity index (χ1) is 11.7. The highest BCUT2D eigenvalue weighted by Crippen LogP contribution is 2.16. The maximum atomic E-state index is 12.7. The quantitative estimate of drug-likeness (QED) is 0.745. The van der Waals surface area contributed by atoms with Crippen LogP contribution >= 0.6 is 11.6 Å². The van der Waals surface area contributed by atoms with Gasteiger partial charge in [0.2, 0.25) is 0 Å². The van der Waals surface area contributed by atoms with E-state index in [1.165, 1.54) is 10.9 Å². The van der Waals surface area contributed by atoms with Crippen LogP contribution in [0.3, 0.4) is 0 Å². The van der Waals surface area contributed by atoms with Crippen molar-refractivity contribution >= 4 is 28.7 Å². The molecule has 0 radical (unpaired) electrons. The van der Waals surface area contributed by atoms with Crippen LogP contribution in [0.5, 0.6) is 0 Å². The summed E-state index contributed by atoms with van der Waals surface area (Å²) in [7, 11) is 0.